The predicted molar refractivity (Wildman–Crippen MR) is 92.6 cm³/mol. The molecule has 0 bridgehead atoms. The molecule has 3 atom stereocenters. The summed E-state index contributed by atoms with van der Waals surface area (Å²) in [6.07, 6.45) is 2.96. The number of ether oxygens (including phenoxy) is 3. The van der Waals surface area contributed by atoms with Crippen LogP contribution in [0.15, 0.2) is 24.3 Å². The zero-order valence-electron chi connectivity index (χ0n) is 14.5. The lowest BCUT2D eigenvalue weighted by molar-refractivity contribution is -0.0532. The normalized spacial score (nSPS) is 28.0. The molecule has 5 heteroatoms. The molecule has 3 rings (SSSR count). The van der Waals surface area contributed by atoms with E-state index in [1.807, 2.05) is 31.2 Å². The lowest BCUT2D eigenvalue weighted by atomic mass is 9.94. The minimum Gasteiger partial charge on any atom is -0.490 e. The number of nitrogens with zero attached hydrogens (tertiary/aromatic N) is 1. The van der Waals surface area contributed by atoms with E-state index in [1.54, 1.807) is 0 Å². The average molecular weight is 335 g/mol. The van der Waals surface area contributed by atoms with Gasteiger partial charge in [-0.1, -0.05) is 18.6 Å². The third-order valence-corrected chi connectivity index (χ3v) is 5.09. The van der Waals surface area contributed by atoms with Gasteiger partial charge in [-0.15, -0.1) is 0 Å². The van der Waals surface area contributed by atoms with Crippen LogP contribution in [0.2, 0.25) is 0 Å². The fourth-order valence-electron chi connectivity index (χ4n) is 3.86. The molecular formula is C19H29NO4. The zero-order valence-corrected chi connectivity index (χ0v) is 14.5. The van der Waals surface area contributed by atoms with Gasteiger partial charge in [0, 0.05) is 25.0 Å². The highest BCUT2D eigenvalue weighted by molar-refractivity contribution is 5.39. The molecule has 1 heterocycles. The Morgan fingerprint density at radius 3 is 2.71 bits per heavy atom. The van der Waals surface area contributed by atoms with Crippen LogP contribution in [-0.4, -0.2) is 61.7 Å². The molecule has 1 N–H and O–H groups in total. The molecule has 1 aliphatic carbocycles. The van der Waals surface area contributed by atoms with Gasteiger partial charge in [-0.05, 0) is 31.9 Å². The van der Waals surface area contributed by atoms with E-state index in [9.17, 15) is 5.11 Å². The third-order valence-electron chi connectivity index (χ3n) is 5.09. The standard InChI is InChI=1S/C19H29NO4/c1-2-23-18-8-3-4-9-19(18)24-13-11-20-10-12-22-14-16(20)15-6-5-7-17(15)21/h3-4,8-9,15-17,21H,2,5-7,10-14H2,1H3/t15-,16-,17-/m1/s1. The molecule has 0 unspecified atom stereocenters. The summed E-state index contributed by atoms with van der Waals surface area (Å²) in [7, 11) is 0. The number of para-hydroxylation sites is 2. The van der Waals surface area contributed by atoms with E-state index in [1.165, 1.54) is 0 Å². The van der Waals surface area contributed by atoms with Crippen molar-refractivity contribution in [1.29, 1.82) is 0 Å². The predicted octanol–water partition coefficient (Wildman–Crippen LogP) is 2.33. The zero-order chi connectivity index (χ0) is 16.8. The van der Waals surface area contributed by atoms with E-state index >= 15 is 0 Å². The van der Waals surface area contributed by atoms with Crippen molar-refractivity contribution in [2.75, 3.05) is 39.5 Å². The van der Waals surface area contributed by atoms with Gasteiger partial charge in [-0.3, -0.25) is 4.90 Å². The summed E-state index contributed by atoms with van der Waals surface area (Å²) in [5, 5.41) is 10.2. The second-order valence-electron chi connectivity index (χ2n) is 6.57. The molecule has 1 aliphatic heterocycles. The minimum absolute atomic E-state index is 0.182. The van der Waals surface area contributed by atoms with Gasteiger partial charge in [-0.2, -0.15) is 0 Å². The Kier molecular flexibility index (Phi) is 6.35. The first-order chi connectivity index (χ1) is 11.8. The average Bonchev–Trinajstić information content (AvgIpc) is 3.03. The molecule has 5 nitrogen and oxygen atoms in total. The third kappa shape index (κ3) is 4.21. The van der Waals surface area contributed by atoms with Crippen LogP contribution in [0.5, 0.6) is 11.5 Å². The van der Waals surface area contributed by atoms with Gasteiger partial charge >= 0.3 is 0 Å². The Morgan fingerprint density at radius 2 is 2.00 bits per heavy atom. The molecule has 134 valence electrons. The van der Waals surface area contributed by atoms with Crippen molar-refractivity contribution in [2.45, 2.75) is 38.3 Å². The van der Waals surface area contributed by atoms with Crippen LogP contribution >= 0.6 is 0 Å². The van der Waals surface area contributed by atoms with Gasteiger partial charge in [0.2, 0.25) is 0 Å². The van der Waals surface area contributed by atoms with Gasteiger partial charge < -0.3 is 19.3 Å². The summed E-state index contributed by atoms with van der Waals surface area (Å²) < 4.78 is 17.2. The SMILES string of the molecule is CCOc1ccccc1OCCN1CCOC[C@@H]1[C@H]1CCC[C@H]1O. The second-order valence-corrected chi connectivity index (χ2v) is 6.57. The van der Waals surface area contributed by atoms with Crippen molar-refractivity contribution in [3.05, 3.63) is 24.3 Å². The topological polar surface area (TPSA) is 51.2 Å². The molecular weight excluding hydrogens is 306 g/mol. The monoisotopic (exact) mass is 335 g/mol. The first-order valence-corrected chi connectivity index (χ1v) is 9.14. The molecule has 2 fully saturated rings. The Hall–Kier alpha value is -1.30. The van der Waals surface area contributed by atoms with Crippen LogP contribution in [0.4, 0.5) is 0 Å². The number of aliphatic hydroxyl groups excluding tert-OH is 1. The summed E-state index contributed by atoms with van der Waals surface area (Å²) in [4.78, 5) is 2.42. The smallest absolute Gasteiger partial charge is 0.161 e. The van der Waals surface area contributed by atoms with Crippen LogP contribution in [0.3, 0.4) is 0 Å². The molecule has 24 heavy (non-hydrogen) atoms. The molecule has 0 spiro atoms. The molecule has 1 saturated carbocycles. The largest absolute Gasteiger partial charge is 0.490 e. The summed E-state index contributed by atoms with van der Waals surface area (Å²) in [5.41, 5.74) is 0. The number of rotatable bonds is 7. The van der Waals surface area contributed by atoms with Crippen molar-refractivity contribution in [1.82, 2.24) is 4.90 Å². The van der Waals surface area contributed by atoms with E-state index in [-0.39, 0.29) is 6.10 Å². The maximum atomic E-state index is 10.2. The van der Waals surface area contributed by atoms with Crippen LogP contribution < -0.4 is 9.47 Å². The minimum atomic E-state index is -0.182. The van der Waals surface area contributed by atoms with Crippen LogP contribution in [0.1, 0.15) is 26.2 Å². The van der Waals surface area contributed by atoms with Gasteiger partial charge in [0.15, 0.2) is 11.5 Å². The summed E-state index contributed by atoms with van der Waals surface area (Å²) in [6, 6.07) is 8.11. The van der Waals surface area contributed by atoms with Gasteiger partial charge in [-0.25, -0.2) is 0 Å². The van der Waals surface area contributed by atoms with Crippen LogP contribution in [0, 0.1) is 5.92 Å². The van der Waals surface area contributed by atoms with Crippen LogP contribution in [-0.2, 0) is 4.74 Å². The van der Waals surface area contributed by atoms with E-state index in [2.05, 4.69) is 4.90 Å². The van der Waals surface area contributed by atoms with E-state index in [0.717, 1.165) is 57.1 Å². The van der Waals surface area contributed by atoms with Crippen LogP contribution in [0.25, 0.3) is 0 Å². The maximum Gasteiger partial charge on any atom is 0.161 e. The van der Waals surface area contributed by atoms with Gasteiger partial charge in [0.1, 0.15) is 6.61 Å². The first kappa shape index (κ1) is 17.5. The molecule has 2 aliphatic rings. The van der Waals surface area contributed by atoms with Crippen molar-refractivity contribution in [3.8, 4) is 11.5 Å². The number of aliphatic hydroxyl groups is 1. The molecule has 1 aromatic rings. The van der Waals surface area contributed by atoms with Crippen molar-refractivity contribution < 1.29 is 19.3 Å². The fourth-order valence-corrected chi connectivity index (χ4v) is 3.86. The lowest BCUT2D eigenvalue weighted by Gasteiger charge is -2.40. The second kappa shape index (κ2) is 8.70. The number of benzene rings is 1. The summed E-state index contributed by atoms with van der Waals surface area (Å²) >= 11 is 0. The summed E-state index contributed by atoms with van der Waals surface area (Å²) in [6.45, 7) is 6.45. The molecule has 0 radical (unpaired) electrons. The highest BCUT2D eigenvalue weighted by Crippen LogP contribution is 2.32. The molecule has 0 amide bonds. The summed E-state index contributed by atoms with van der Waals surface area (Å²) in [5.74, 6) is 1.93. The molecule has 0 aromatic heterocycles. The number of hydrogen-bond donors (Lipinski definition) is 1. The highest BCUT2D eigenvalue weighted by atomic mass is 16.5. The number of hydrogen-bond acceptors (Lipinski definition) is 5. The van der Waals surface area contributed by atoms with Gasteiger partial charge in [0.25, 0.3) is 0 Å². The van der Waals surface area contributed by atoms with E-state index in [0.29, 0.717) is 25.2 Å². The van der Waals surface area contributed by atoms with E-state index < -0.39 is 0 Å². The first-order valence-electron chi connectivity index (χ1n) is 9.14. The van der Waals surface area contributed by atoms with E-state index in [4.69, 9.17) is 14.2 Å². The van der Waals surface area contributed by atoms with Crippen molar-refractivity contribution >= 4 is 0 Å². The Bertz CT molecular complexity index is 510. The lowest BCUT2D eigenvalue weighted by Crippen LogP contribution is -2.52. The quantitative estimate of drug-likeness (QED) is 0.829. The van der Waals surface area contributed by atoms with Gasteiger partial charge in [0.05, 0.1) is 25.9 Å². The Morgan fingerprint density at radius 1 is 1.21 bits per heavy atom. The molecule has 1 saturated heterocycles. The fraction of sp³-hybridized carbons (Fsp3) is 0.684. The number of morpholine rings is 1. The van der Waals surface area contributed by atoms with Crippen molar-refractivity contribution in [2.24, 2.45) is 5.92 Å². The Balaban J connectivity index is 1.55. The van der Waals surface area contributed by atoms with Crippen molar-refractivity contribution in [3.63, 3.8) is 0 Å². The highest BCUT2D eigenvalue weighted by Gasteiger charge is 2.37. The maximum absolute atomic E-state index is 10.2. The Labute approximate surface area is 144 Å². The molecule has 1 aromatic carbocycles.